The number of anilines is 1. The maximum Gasteiger partial charge on any atom is 0.0810 e. The van der Waals surface area contributed by atoms with Gasteiger partial charge in [0.15, 0.2) is 0 Å². The summed E-state index contributed by atoms with van der Waals surface area (Å²) in [5.74, 6) is 0. The number of pyridine rings is 1. The van der Waals surface area contributed by atoms with E-state index in [9.17, 15) is 10.2 Å². The Bertz CT molecular complexity index is 391. The highest BCUT2D eigenvalue weighted by Crippen LogP contribution is 2.29. The molecule has 1 saturated heterocycles. The number of hydrogen-bond donors (Lipinski definition) is 2. The summed E-state index contributed by atoms with van der Waals surface area (Å²) < 4.78 is 0. The minimum Gasteiger partial charge on any atom is -0.392 e. The maximum absolute atomic E-state index is 9.94. The topological polar surface area (TPSA) is 56.6 Å². The minimum atomic E-state index is -0.621. The lowest BCUT2D eigenvalue weighted by molar-refractivity contribution is 0.0839. The fraction of sp³-hybridized carbons (Fsp3) is 0.583. The average molecular weight is 222 g/mol. The number of nitrogens with zero attached hydrogens (tertiary/aromatic N) is 2. The molecule has 1 aliphatic rings. The van der Waals surface area contributed by atoms with Gasteiger partial charge in [0, 0.05) is 36.2 Å². The van der Waals surface area contributed by atoms with Gasteiger partial charge >= 0.3 is 0 Å². The minimum absolute atomic E-state index is 0.0126. The molecule has 0 aromatic carbocycles. The molecule has 2 N–H and O–H groups in total. The van der Waals surface area contributed by atoms with Crippen molar-refractivity contribution in [1.82, 2.24) is 4.98 Å². The number of rotatable bonds is 2. The first kappa shape index (κ1) is 11.4. The first-order valence-electron chi connectivity index (χ1n) is 5.55. The van der Waals surface area contributed by atoms with E-state index in [1.165, 1.54) is 0 Å². The van der Waals surface area contributed by atoms with E-state index in [2.05, 4.69) is 9.88 Å². The highest BCUT2D eigenvalue weighted by atomic mass is 16.3. The summed E-state index contributed by atoms with van der Waals surface area (Å²) in [6.07, 6.45) is 2.47. The van der Waals surface area contributed by atoms with E-state index in [0.29, 0.717) is 6.54 Å². The maximum atomic E-state index is 9.94. The Balaban J connectivity index is 2.30. The summed E-state index contributed by atoms with van der Waals surface area (Å²) in [7, 11) is 0. The molecule has 1 fully saturated rings. The Labute approximate surface area is 95.5 Å². The van der Waals surface area contributed by atoms with Crippen LogP contribution in [0.5, 0.6) is 0 Å². The Kier molecular flexibility index (Phi) is 2.86. The van der Waals surface area contributed by atoms with Crippen molar-refractivity contribution in [3.05, 3.63) is 23.5 Å². The van der Waals surface area contributed by atoms with Crippen molar-refractivity contribution in [3.63, 3.8) is 0 Å². The number of aryl methyl sites for hydroxylation is 1. The van der Waals surface area contributed by atoms with Crippen molar-refractivity contribution < 1.29 is 10.2 Å². The number of aliphatic hydroxyl groups is 2. The van der Waals surface area contributed by atoms with Crippen molar-refractivity contribution in [2.45, 2.75) is 32.5 Å². The van der Waals surface area contributed by atoms with Gasteiger partial charge in [-0.2, -0.15) is 0 Å². The lowest BCUT2D eigenvalue weighted by atomic mass is 10.1. The molecule has 1 unspecified atom stereocenters. The van der Waals surface area contributed by atoms with Crippen LogP contribution in [0.15, 0.2) is 12.3 Å². The zero-order valence-corrected chi connectivity index (χ0v) is 9.77. The van der Waals surface area contributed by atoms with E-state index in [-0.39, 0.29) is 6.61 Å². The molecule has 0 saturated carbocycles. The van der Waals surface area contributed by atoms with E-state index in [1.54, 1.807) is 6.20 Å². The fourth-order valence-corrected chi connectivity index (χ4v) is 2.14. The second kappa shape index (κ2) is 4.03. The molecule has 4 heteroatoms. The highest BCUT2D eigenvalue weighted by Gasteiger charge is 2.32. The van der Waals surface area contributed by atoms with Crippen LogP contribution in [-0.4, -0.2) is 33.9 Å². The average Bonchev–Trinajstić information content (AvgIpc) is 2.59. The van der Waals surface area contributed by atoms with Gasteiger partial charge in [-0.15, -0.1) is 0 Å². The predicted octanol–water partition coefficient (Wildman–Crippen LogP) is 0.843. The third kappa shape index (κ3) is 2.18. The van der Waals surface area contributed by atoms with E-state index in [4.69, 9.17) is 0 Å². The summed E-state index contributed by atoms with van der Waals surface area (Å²) in [4.78, 5) is 6.28. The third-order valence-corrected chi connectivity index (χ3v) is 3.06. The summed E-state index contributed by atoms with van der Waals surface area (Å²) >= 11 is 0. The fourth-order valence-electron chi connectivity index (χ4n) is 2.14. The zero-order valence-electron chi connectivity index (χ0n) is 9.77. The summed E-state index contributed by atoms with van der Waals surface area (Å²) in [5, 5.41) is 19.2. The molecule has 0 radical (unpaired) electrons. The standard InChI is InChI=1S/C12H18N2O2/c1-9-5-11(10(7-15)6-13-9)14-4-3-12(2,16)8-14/h5-6,15-16H,3-4,7-8H2,1-2H3. The van der Waals surface area contributed by atoms with Crippen LogP contribution in [0.25, 0.3) is 0 Å². The third-order valence-electron chi connectivity index (χ3n) is 3.06. The number of aromatic nitrogens is 1. The second-order valence-electron chi connectivity index (χ2n) is 4.78. The van der Waals surface area contributed by atoms with Gasteiger partial charge in [0.1, 0.15) is 0 Å². The van der Waals surface area contributed by atoms with Crippen LogP contribution in [0, 0.1) is 6.92 Å². The first-order valence-corrected chi connectivity index (χ1v) is 5.55. The van der Waals surface area contributed by atoms with Crippen LogP contribution in [-0.2, 0) is 6.61 Å². The van der Waals surface area contributed by atoms with E-state index >= 15 is 0 Å². The van der Waals surface area contributed by atoms with Crippen LogP contribution in [0.2, 0.25) is 0 Å². The molecule has 0 amide bonds. The van der Waals surface area contributed by atoms with Gasteiger partial charge in [-0.3, -0.25) is 4.98 Å². The molecule has 2 heterocycles. The lowest BCUT2D eigenvalue weighted by Gasteiger charge is -2.23. The smallest absolute Gasteiger partial charge is 0.0810 e. The first-order chi connectivity index (χ1) is 7.52. The summed E-state index contributed by atoms with van der Waals surface area (Å²) in [5.41, 5.74) is 2.12. The molecule has 88 valence electrons. The van der Waals surface area contributed by atoms with Gasteiger partial charge in [-0.05, 0) is 26.3 Å². The van der Waals surface area contributed by atoms with E-state index < -0.39 is 5.60 Å². The molecule has 0 bridgehead atoms. The van der Waals surface area contributed by atoms with Gasteiger partial charge in [0.05, 0.1) is 12.2 Å². The Morgan fingerprint density at radius 2 is 2.31 bits per heavy atom. The van der Waals surface area contributed by atoms with Crippen LogP contribution in [0.4, 0.5) is 5.69 Å². The predicted molar refractivity (Wildman–Crippen MR) is 62.4 cm³/mol. The van der Waals surface area contributed by atoms with Crippen LogP contribution >= 0.6 is 0 Å². The number of hydrogen-bond acceptors (Lipinski definition) is 4. The van der Waals surface area contributed by atoms with E-state index in [1.807, 2.05) is 19.9 Å². The molecular weight excluding hydrogens is 204 g/mol. The highest BCUT2D eigenvalue weighted by molar-refractivity contribution is 5.54. The van der Waals surface area contributed by atoms with Crippen molar-refractivity contribution in [3.8, 4) is 0 Å². The zero-order chi connectivity index (χ0) is 11.8. The molecule has 1 aromatic heterocycles. The molecule has 2 rings (SSSR count). The van der Waals surface area contributed by atoms with Gasteiger partial charge in [-0.1, -0.05) is 0 Å². The molecule has 1 aliphatic heterocycles. The Morgan fingerprint density at radius 1 is 1.56 bits per heavy atom. The lowest BCUT2D eigenvalue weighted by Crippen LogP contribution is -2.30. The second-order valence-corrected chi connectivity index (χ2v) is 4.78. The largest absolute Gasteiger partial charge is 0.392 e. The molecule has 16 heavy (non-hydrogen) atoms. The normalized spacial score (nSPS) is 25.1. The van der Waals surface area contributed by atoms with Crippen LogP contribution in [0.1, 0.15) is 24.6 Å². The van der Waals surface area contributed by atoms with Crippen LogP contribution in [0.3, 0.4) is 0 Å². The van der Waals surface area contributed by atoms with Gasteiger partial charge in [0.2, 0.25) is 0 Å². The van der Waals surface area contributed by atoms with Crippen molar-refractivity contribution in [1.29, 1.82) is 0 Å². The Hall–Kier alpha value is -1.13. The summed E-state index contributed by atoms with van der Waals surface area (Å²) in [6.45, 7) is 5.20. The van der Waals surface area contributed by atoms with Crippen molar-refractivity contribution >= 4 is 5.69 Å². The Morgan fingerprint density at radius 3 is 2.88 bits per heavy atom. The van der Waals surface area contributed by atoms with Crippen LogP contribution < -0.4 is 4.90 Å². The van der Waals surface area contributed by atoms with E-state index in [0.717, 1.165) is 29.9 Å². The molecule has 1 aromatic rings. The summed E-state index contributed by atoms with van der Waals surface area (Å²) in [6, 6.07) is 1.97. The number of aliphatic hydroxyl groups excluding tert-OH is 1. The number of β-amino-alcohol motifs (C(OH)–C–C–N with tert-alkyl or cyclic N) is 1. The van der Waals surface area contributed by atoms with Gasteiger partial charge < -0.3 is 15.1 Å². The monoisotopic (exact) mass is 222 g/mol. The molecule has 4 nitrogen and oxygen atoms in total. The molecule has 0 aliphatic carbocycles. The quantitative estimate of drug-likeness (QED) is 0.778. The van der Waals surface area contributed by atoms with Gasteiger partial charge in [-0.25, -0.2) is 0 Å². The van der Waals surface area contributed by atoms with Crippen molar-refractivity contribution in [2.24, 2.45) is 0 Å². The molecular formula is C12H18N2O2. The molecule has 0 spiro atoms. The van der Waals surface area contributed by atoms with Gasteiger partial charge in [0.25, 0.3) is 0 Å². The SMILES string of the molecule is Cc1cc(N2CCC(C)(O)C2)c(CO)cn1. The van der Waals surface area contributed by atoms with Crippen molar-refractivity contribution in [2.75, 3.05) is 18.0 Å². The molecule has 1 atom stereocenters.